The second kappa shape index (κ2) is 9.17. The summed E-state index contributed by atoms with van der Waals surface area (Å²) < 4.78 is 19.5. The van der Waals surface area contributed by atoms with Gasteiger partial charge in [-0.3, -0.25) is 4.79 Å². The van der Waals surface area contributed by atoms with Crippen LogP contribution < -0.4 is 10.2 Å². The second-order valence-corrected chi connectivity index (χ2v) is 6.09. The molecule has 4 nitrogen and oxygen atoms in total. The standard InChI is InChI=1S/C18H18BrFN2O2/c1-13-7-8-17(16(19)10-13)24-9-3-6-18(23)22-21-12-14-4-2-5-15(20)11-14/h2,4-5,7-8,10-12H,3,6,9H2,1H3,(H,22,23)/b21-12+. The van der Waals surface area contributed by atoms with Crippen molar-refractivity contribution < 1.29 is 13.9 Å². The van der Waals surface area contributed by atoms with Crippen molar-refractivity contribution in [2.24, 2.45) is 5.10 Å². The molecule has 0 radical (unpaired) electrons. The molecular weight excluding hydrogens is 375 g/mol. The molecule has 0 atom stereocenters. The maximum absolute atomic E-state index is 13.0. The van der Waals surface area contributed by atoms with Gasteiger partial charge in [0.25, 0.3) is 0 Å². The van der Waals surface area contributed by atoms with Crippen LogP contribution in [-0.4, -0.2) is 18.7 Å². The maximum Gasteiger partial charge on any atom is 0.240 e. The number of nitrogens with zero attached hydrogens (tertiary/aromatic N) is 1. The summed E-state index contributed by atoms with van der Waals surface area (Å²) >= 11 is 3.44. The molecule has 0 aliphatic rings. The minimum Gasteiger partial charge on any atom is -0.492 e. The molecule has 0 aromatic heterocycles. The van der Waals surface area contributed by atoms with Crippen LogP contribution in [0.5, 0.6) is 5.75 Å². The lowest BCUT2D eigenvalue weighted by Gasteiger charge is -2.08. The van der Waals surface area contributed by atoms with Crippen molar-refractivity contribution in [3.8, 4) is 5.75 Å². The molecule has 2 rings (SSSR count). The van der Waals surface area contributed by atoms with Gasteiger partial charge in [-0.25, -0.2) is 9.82 Å². The van der Waals surface area contributed by atoms with E-state index in [0.29, 0.717) is 25.0 Å². The molecule has 126 valence electrons. The predicted molar refractivity (Wildman–Crippen MR) is 95.7 cm³/mol. The van der Waals surface area contributed by atoms with Crippen molar-refractivity contribution in [1.82, 2.24) is 5.43 Å². The summed E-state index contributed by atoms with van der Waals surface area (Å²) in [7, 11) is 0. The van der Waals surface area contributed by atoms with Gasteiger partial charge in [-0.05, 0) is 64.7 Å². The number of hydrogen-bond acceptors (Lipinski definition) is 3. The molecule has 2 aromatic carbocycles. The highest BCUT2D eigenvalue weighted by molar-refractivity contribution is 9.10. The van der Waals surface area contributed by atoms with Gasteiger partial charge in [0.15, 0.2) is 0 Å². The Morgan fingerprint density at radius 1 is 1.33 bits per heavy atom. The minimum atomic E-state index is -0.343. The van der Waals surface area contributed by atoms with Crippen LogP contribution in [0.1, 0.15) is 24.0 Å². The summed E-state index contributed by atoms with van der Waals surface area (Å²) in [5.74, 6) is 0.198. The molecule has 0 heterocycles. The first kappa shape index (κ1) is 18.1. The van der Waals surface area contributed by atoms with E-state index in [4.69, 9.17) is 4.74 Å². The Labute approximate surface area is 148 Å². The number of halogens is 2. The number of aryl methyl sites for hydroxylation is 1. The van der Waals surface area contributed by atoms with Gasteiger partial charge >= 0.3 is 0 Å². The molecule has 0 saturated carbocycles. The van der Waals surface area contributed by atoms with Gasteiger partial charge in [0.2, 0.25) is 5.91 Å². The molecule has 1 N–H and O–H groups in total. The van der Waals surface area contributed by atoms with Gasteiger partial charge in [0.1, 0.15) is 11.6 Å². The third-order valence-electron chi connectivity index (χ3n) is 3.14. The number of hydrazone groups is 1. The van der Waals surface area contributed by atoms with E-state index in [1.54, 1.807) is 12.1 Å². The Hall–Kier alpha value is -2.21. The van der Waals surface area contributed by atoms with E-state index in [1.165, 1.54) is 18.3 Å². The lowest BCUT2D eigenvalue weighted by Crippen LogP contribution is -2.18. The van der Waals surface area contributed by atoms with Crippen molar-refractivity contribution in [3.05, 3.63) is 63.9 Å². The molecule has 2 aromatic rings. The summed E-state index contributed by atoms with van der Waals surface area (Å²) in [5, 5.41) is 3.80. The number of amides is 1. The average Bonchev–Trinajstić information content (AvgIpc) is 2.53. The van der Waals surface area contributed by atoms with Gasteiger partial charge in [-0.1, -0.05) is 18.2 Å². The number of carbonyl (C=O) groups is 1. The lowest BCUT2D eigenvalue weighted by molar-refractivity contribution is -0.121. The van der Waals surface area contributed by atoms with E-state index in [1.807, 2.05) is 25.1 Å². The van der Waals surface area contributed by atoms with Crippen LogP contribution in [0.4, 0.5) is 4.39 Å². The predicted octanol–water partition coefficient (Wildman–Crippen LogP) is 4.21. The first-order chi connectivity index (χ1) is 11.5. The van der Waals surface area contributed by atoms with Gasteiger partial charge in [-0.2, -0.15) is 5.10 Å². The smallest absolute Gasteiger partial charge is 0.240 e. The molecule has 0 aliphatic heterocycles. The van der Waals surface area contributed by atoms with Gasteiger partial charge < -0.3 is 4.74 Å². The second-order valence-electron chi connectivity index (χ2n) is 5.23. The van der Waals surface area contributed by atoms with Crippen molar-refractivity contribution in [2.45, 2.75) is 19.8 Å². The topological polar surface area (TPSA) is 50.7 Å². The molecular formula is C18H18BrFN2O2. The molecule has 24 heavy (non-hydrogen) atoms. The highest BCUT2D eigenvalue weighted by Gasteiger charge is 2.03. The number of nitrogens with one attached hydrogen (secondary N) is 1. The van der Waals surface area contributed by atoms with E-state index in [9.17, 15) is 9.18 Å². The number of ether oxygens (including phenoxy) is 1. The SMILES string of the molecule is Cc1ccc(OCCCC(=O)N/N=C/c2cccc(F)c2)c(Br)c1. The zero-order valence-corrected chi connectivity index (χ0v) is 14.8. The van der Waals surface area contributed by atoms with Crippen LogP contribution in [0, 0.1) is 12.7 Å². The molecule has 6 heteroatoms. The van der Waals surface area contributed by atoms with Gasteiger partial charge in [0.05, 0.1) is 17.3 Å². The maximum atomic E-state index is 13.0. The molecule has 1 amide bonds. The zero-order chi connectivity index (χ0) is 17.4. The van der Waals surface area contributed by atoms with Crippen LogP contribution >= 0.6 is 15.9 Å². The molecule has 0 fully saturated rings. The highest BCUT2D eigenvalue weighted by Crippen LogP contribution is 2.25. The summed E-state index contributed by atoms with van der Waals surface area (Å²) in [6.07, 6.45) is 2.27. The largest absolute Gasteiger partial charge is 0.492 e. The van der Waals surface area contributed by atoms with Crippen LogP contribution in [0.3, 0.4) is 0 Å². The molecule has 0 unspecified atom stereocenters. The Balaban J connectivity index is 1.68. The van der Waals surface area contributed by atoms with Crippen LogP contribution in [-0.2, 0) is 4.79 Å². The first-order valence-electron chi connectivity index (χ1n) is 7.51. The number of benzene rings is 2. The van der Waals surface area contributed by atoms with E-state index in [2.05, 4.69) is 26.5 Å². The fraction of sp³-hybridized carbons (Fsp3) is 0.222. The quantitative estimate of drug-likeness (QED) is 0.435. The lowest BCUT2D eigenvalue weighted by atomic mass is 10.2. The zero-order valence-electron chi connectivity index (χ0n) is 13.3. The van der Waals surface area contributed by atoms with Crippen molar-refractivity contribution >= 4 is 28.1 Å². The normalized spacial score (nSPS) is 10.8. The van der Waals surface area contributed by atoms with Crippen LogP contribution in [0.25, 0.3) is 0 Å². The summed E-state index contributed by atoms with van der Waals surface area (Å²) in [6, 6.07) is 11.8. The van der Waals surface area contributed by atoms with Crippen LogP contribution in [0.2, 0.25) is 0 Å². The first-order valence-corrected chi connectivity index (χ1v) is 8.30. The van der Waals surface area contributed by atoms with E-state index in [0.717, 1.165) is 15.8 Å². The third-order valence-corrected chi connectivity index (χ3v) is 3.76. The van der Waals surface area contributed by atoms with E-state index in [-0.39, 0.29) is 11.7 Å². The average molecular weight is 393 g/mol. The summed E-state index contributed by atoms with van der Waals surface area (Å²) in [4.78, 5) is 11.7. The summed E-state index contributed by atoms with van der Waals surface area (Å²) in [6.45, 7) is 2.44. The van der Waals surface area contributed by atoms with Gasteiger partial charge in [0, 0.05) is 6.42 Å². The monoisotopic (exact) mass is 392 g/mol. The highest BCUT2D eigenvalue weighted by atomic mass is 79.9. The fourth-order valence-electron chi connectivity index (χ4n) is 1.96. The number of rotatable bonds is 7. The Morgan fingerprint density at radius 3 is 2.92 bits per heavy atom. The Kier molecular flexibility index (Phi) is 6.93. The van der Waals surface area contributed by atoms with Crippen molar-refractivity contribution in [2.75, 3.05) is 6.61 Å². The van der Waals surface area contributed by atoms with Crippen molar-refractivity contribution in [3.63, 3.8) is 0 Å². The van der Waals surface area contributed by atoms with E-state index < -0.39 is 0 Å². The Bertz CT molecular complexity index is 735. The van der Waals surface area contributed by atoms with Gasteiger partial charge in [-0.15, -0.1) is 0 Å². The molecule has 0 saturated heterocycles. The number of hydrogen-bond donors (Lipinski definition) is 1. The molecule has 0 bridgehead atoms. The Morgan fingerprint density at radius 2 is 2.17 bits per heavy atom. The minimum absolute atomic E-state index is 0.214. The van der Waals surface area contributed by atoms with E-state index >= 15 is 0 Å². The molecule has 0 aliphatic carbocycles. The summed E-state index contributed by atoms with van der Waals surface area (Å²) in [5.41, 5.74) is 4.14. The third kappa shape index (κ3) is 6.12. The fourth-order valence-corrected chi connectivity index (χ4v) is 2.57. The van der Waals surface area contributed by atoms with Crippen molar-refractivity contribution in [1.29, 1.82) is 0 Å². The molecule has 0 spiro atoms. The van der Waals surface area contributed by atoms with Crippen LogP contribution in [0.15, 0.2) is 52.0 Å². The number of carbonyl (C=O) groups excluding carboxylic acids is 1.